The third-order valence-corrected chi connectivity index (χ3v) is 4.21. The van der Waals surface area contributed by atoms with Gasteiger partial charge in [0.1, 0.15) is 0 Å². The second-order valence-electron chi connectivity index (χ2n) is 6.02. The lowest BCUT2D eigenvalue weighted by atomic mass is 10.0. The van der Waals surface area contributed by atoms with Crippen LogP contribution >= 0.6 is 0 Å². The van der Waals surface area contributed by atoms with E-state index in [9.17, 15) is 4.79 Å². The standard InChI is InChI=1S/C16H24N2O/c1-10-4-5-13(6-10)9-18-16(19)14-8-15(17)12(3)7-11(14)2/h7-8,10,13H,4-6,9,17H2,1-3H3,(H,18,19). The maximum Gasteiger partial charge on any atom is 0.251 e. The first-order valence-electron chi connectivity index (χ1n) is 7.12. The molecule has 0 heterocycles. The number of carbonyl (C=O) groups excluding carboxylic acids is 1. The predicted octanol–water partition coefficient (Wildman–Crippen LogP) is 3.05. The zero-order chi connectivity index (χ0) is 14.0. The van der Waals surface area contributed by atoms with Crippen LogP contribution in [0.25, 0.3) is 0 Å². The van der Waals surface area contributed by atoms with E-state index < -0.39 is 0 Å². The molecular weight excluding hydrogens is 236 g/mol. The largest absolute Gasteiger partial charge is 0.398 e. The Labute approximate surface area is 115 Å². The summed E-state index contributed by atoms with van der Waals surface area (Å²) in [5, 5.41) is 3.05. The highest BCUT2D eigenvalue weighted by Gasteiger charge is 2.22. The minimum atomic E-state index is 0.00348. The van der Waals surface area contributed by atoms with Crippen LogP contribution in [0, 0.1) is 25.7 Å². The van der Waals surface area contributed by atoms with Crippen LogP contribution in [0.1, 0.15) is 47.7 Å². The minimum absolute atomic E-state index is 0.00348. The first-order valence-corrected chi connectivity index (χ1v) is 7.12. The number of carbonyl (C=O) groups is 1. The van der Waals surface area contributed by atoms with Crippen molar-refractivity contribution in [3.8, 4) is 0 Å². The van der Waals surface area contributed by atoms with Gasteiger partial charge in [0.15, 0.2) is 0 Å². The summed E-state index contributed by atoms with van der Waals surface area (Å²) in [4.78, 5) is 12.2. The molecule has 19 heavy (non-hydrogen) atoms. The number of nitrogen functional groups attached to an aromatic ring is 1. The molecule has 0 spiro atoms. The Morgan fingerprint density at radius 1 is 1.32 bits per heavy atom. The Morgan fingerprint density at radius 2 is 2.05 bits per heavy atom. The number of nitrogens with two attached hydrogens (primary N) is 1. The van der Waals surface area contributed by atoms with Gasteiger partial charge in [0.2, 0.25) is 0 Å². The number of benzene rings is 1. The van der Waals surface area contributed by atoms with E-state index in [-0.39, 0.29) is 5.91 Å². The van der Waals surface area contributed by atoms with Gasteiger partial charge in [-0.2, -0.15) is 0 Å². The number of amides is 1. The molecule has 1 amide bonds. The van der Waals surface area contributed by atoms with Crippen molar-refractivity contribution in [1.82, 2.24) is 5.32 Å². The van der Waals surface area contributed by atoms with Crippen molar-refractivity contribution in [2.75, 3.05) is 12.3 Å². The lowest BCUT2D eigenvalue weighted by Crippen LogP contribution is -2.29. The third-order valence-electron chi connectivity index (χ3n) is 4.21. The van der Waals surface area contributed by atoms with Crippen LogP contribution in [-0.4, -0.2) is 12.5 Å². The van der Waals surface area contributed by atoms with Gasteiger partial charge in [-0.25, -0.2) is 0 Å². The van der Waals surface area contributed by atoms with E-state index in [0.717, 1.165) is 23.6 Å². The number of rotatable bonds is 3. The Bertz CT molecular complexity index is 482. The van der Waals surface area contributed by atoms with Crippen molar-refractivity contribution in [3.05, 3.63) is 28.8 Å². The van der Waals surface area contributed by atoms with Crippen LogP contribution < -0.4 is 11.1 Å². The summed E-state index contributed by atoms with van der Waals surface area (Å²) in [6, 6.07) is 3.76. The Morgan fingerprint density at radius 3 is 2.68 bits per heavy atom. The molecule has 1 saturated carbocycles. The van der Waals surface area contributed by atoms with Gasteiger partial charge in [0.05, 0.1) is 0 Å². The van der Waals surface area contributed by atoms with Gasteiger partial charge < -0.3 is 11.1 Å². The fourth-order valence-electron chi connectivity index (χ4n) is 2.96. The van der Waals surface area contributed by atoms with E-state index in [1.54, 1.807) is 6.07 Å². The normalized spacial score (nSPS) is 22.5. The maximum absolute atomic E-state index is 12.2. The topological polar surface area (TPSA) is 55.1 Å². The zero-order valence-corrected chi connectivity index (χ0v) is 12.1. The first-order chi connectivity index (χ1) is 8.97. The van der Waals surface area contributed by atoms with E-state index in [1.807, 2.05) is 19.9 Å². The molecule has 3 N–H and O–H groups in total. The molecule has 3 heteroatoms. The summed E-state index contributed by atoms with van der Waals surface area (Å²) in [5.41, 5.74) is 9.29. The molecule has 1 aromatic carbocycles. The fraction of sp³-hybridized carbons (Fsp3) is 0.562. The SMILES string of the molecule is Cc1cc(C)c(C(=O)NCC2CCC(C)C2)cc1N. The summed E-state index contributed by atoms with van der Waals surface area (Å²) in [6.07, 6.45) is 3.75. The highest BCUT2D eigenvalue weighted by molar-refractivity contribution is 5.96. The van der Waals surface area contributed by atoms with Gasteiger partial charge in [-0.15, -0.1) is 0 Å². The molecule has 2 atom stereocenters. The Kier molecular flexibility index (Phi) is 4.13. The van der Waals surface area contributed by atoms with Crippen molar-refractivity contribution >= 4 is 11.6 Å². The summed E-state index contributed by atoms with van der Waals surface area (Å²) < 4.78 is 0. The van der Waals surface area contributed by atoms with Gasteiger partial charge >= 0.3 is 0 Å². The van der Waals surface area contributed by atoms with Gasteiger partial charge in [0, 0.05) is 17.8 Å². The lowest BCUT2D eigenvalue weighted by molar-refractivity contribution is 0.0946. The van der Waals surface area contributed by atoms with Crippen LogP contribution in [0.15, 0.2) is 12.1 Å². The Hall–Kier alpha value is -1.51. The molecule has 1 aliphatic carbocycles. The predicted molar refractivity (Wildman–Crippen MR) is 79.2 cm³/mol. The molecule has 1 aliphatic rings. The van der Waals surface area contributed by atoms with Crippen molar-refractivity contribution in [2.24, 2.45) is 11.8 Å². The Balaban J connectivity index is 1.98. The van der Waals surface area contributed by atoms with E-state index in [2.05, 4.69) is 12.2 Å². The molecule has 3 nitrogen and oxygen atoms in total. The monoisotopic (exact) mass is 260 g/mol. The summed E-state index contributed by atoms with van der Waals surface area (Å²) in [7, 11) is 0. The van der Waals surface area contributed by atoms with Gasteiger partial charge in [-0.1, -0.05) is 19.4 Å². The van der Waals surface area contributed by atoms with Crippen molar-refractivity contribution in [3.63, 3.8) is 0 Å². The average molecular weight is 260 g/mol. The second kappa shape index (κ2) is 5.64. The zero-order valence-electron chi connectivity index (χ0n) is 12.1. The molecule has 2 rings (SSSR count). The number of hydrogen-bond donors (Lipinski definition) is 2. The van der Waals surface area contributed by atoms with Crippen LogP contribution in [0.5, 0.6) is 0 Å². The molecule has 0 aromatic heterocycles. The molecule has 0 bridgehead atoms. The summed E-state index contributed by atoms with van der Waals surface area (Å²) in [6.45, 7) is 6.99. The number of anilines is 1. The van der Waals surface area contributed by atoms with E-state index in [0.29, 0.717) is 17.2 Å². The van der Waals surface area contributed by atoms with E-state index in [1.165, 1.54) is 19.3 Å². The number of nitrogens with one attached hydrogen (secondary N) is 1. The molecule has 1 fully saturated rings. The average Bonchev–Trinajstić information content (AvgIpc) is 2.77. The van der Waals surface area contributed by atoms with Crippen LogP contribution in [-0.2, 0) is 0 Å². The molecule has 0 saturated heterocycles. The van der Waals surface area contributed by atoms with E-state index >= 15 is 0 Å². The molecule has 2 unspecified atom stereocenters. The molecule has 0 aliphatic heterocycles. The van der Waals surface area contributed by atoms with Crippen molar-refractivity contribution < 1.29 is 4.79 Å². The van der Waals surface area contributed by atoms with Crippen LogP contribution in [0.3, 0.4) is 0 Å². The highest BCUT2D eigenvalue weighted by atomic mass is 16.1. The van der Waals surface area contributed by atoms with Crippen LogP contribution in [0.2, 0.25) is 0 Å². The van der Waals surface area contributed by atoms with E-state index in [4.69, 9.17) is 5.73 Å². The quantitative estimate of drug-likeness (QED) is 0.821. The molecule has 0 radical (unpaired) electrons. The number of hydrogen-bond acceptors (Lipinski definition) is 2. The minimum Gasteiger partial charge on any atom is -0.398 e. The lowest BCUT2D eigenvalue weighted by Gasteiger charge is -2.13. The van der Waals surface area contributed by atoms with Gasteiger partial charge in [-0.3, -0.25) is 4.79 Å². The summed E-state index contributed by atoms with van der Waals surface area (Å²) >= 11 is 0. The maximum atomic E-state index is 12.2. The fourth-order valence-corrected chi connectivity index (χ4v) is 2.96. The van der Waals surface area contributed by atoms with Gasteiger partial charge in [-0.05, 0) is 55.7 Å². The van der Waals surface area contributed by atoms with Gasteiger partial charge in [0.25, 0.3) is 5.91 Å². The van der Waals surface area contributed by atoms with Crippen molar-refractivity contribution in [2.45, 2.75) is 40.0 Å². The molecule has 1 aromatic rings. The van der Waals surface area contributed by atoms with Crippen molar-refractivity contribution in [1.29, 1.82) is 0 Å². The van der Waals surface area contributed by atoms with Crippen LogP contribution in [0.4, 0.5) is 5.69 Å². The highest BCUT2D eigenvalue weighted by Crippen LogP contribution is 2.29. The number of aryl methyl sites for hydroxylation is 2. The molecular formula is C16H24N2O. The summed E-state index contributed by atoms with van der Waals surface area (Å²) in [5.74, 6) is 1.45. The molecule has 104 valence electrons. The third kappa shape index (κ3) is 3.28. The first kappa shape index (κ1) is 13.9. The smallest absolute Gasteiger partial charge is 0.251 e. The second-order valence-corrected chi connectivity index (χ2v) is 6.02.